The summed E-state index contributed by atoms with van der Waals surface area (Å²) in [6.45, 7) is 0.477. The van der Waals surface area contributed by atoms with E-state index >= 15 is 0 Å². The molecule has 1 N–H and O–H groups in total. The maximum Gasteiger partial charge on any atom is 0.251 e. The predicted octanol–water partition coefficient (Wildman–Crippen LogP) is 1.42. The van der Waals surface area contributed by atoms with Gasteiger partial charge in [-0.1, -0.05) is 30.3 Å². The zero-order chi connectivity index (χ0) is 16.1. The minimum atomic E-state index is -0.236. The van der Waals surface area contributed by atoms with Crippen molar-refractivity contribution in [2.75, 3.05) is 20.6 Å². The molecule has 1 amide bonds. The van der Waals surface area contributed by atoms with Gasteiger partial charge in [-0.2, -0.15) is 0 Å². The first-order valence-electron chi connectivity index (χ1n) is 7.15. The fourth-order valence-electron chi connectivity index (χ4n) is 2.25. The van der Waals surface area contributed by atoms with Crippen LogP contribution < -0.4 is 10.9 Å². The Morgan fingerprint density at radius 1 is 1.23 bits per heavy atom. The number of pyridine rings is 1. The lowest BCUT2D eigenvalue weighted by molar-refractivity contribution is 0.0941. The summed E-state index contributed by atoms with van der Waals surface area (Å²) in [7, 11) is 5.60. The van der Waals surface area contributed by atoms with E-state index in [4.69, 9.17) is 0 Å². The lowest BCUT2D eigenvalue weighted by Crippen LogP contribution is -2.35. The van der Waals surface area contributed by atoms with Gasteiger partial charge in [0.25, 0.3) is 11.5 Å². The number of nitrogens with one attached hydrogen (secondary N) is 1. The van der Waals surface area contributed by atoms with Crippen LogP contribution in [0.3, 0.4) is 0 Å². The van der Waals surface area contributed by atoms with E-state index in [9.17, 15) is 9.59 Å². The molecule has 0 aliphatic carbocycles. The standard InChI is InChI=1S/C17H21N3O2/c1-19(2)15(13-7-5-4-6-8-13)12-18-17(22)14-9-10-20(3)16(21)11-14/h4-11,15H,12H2,1-3H3,(H,18,22). The van der Waals surface area contributed by atoms with Crippen molar-refractivity contribution in [2.45, 2.75) is 6.04 Å². The molecule has 5 heteroatoms. The Kier molecular flexibility index (Phi) is 5.12. The van der Waals surface area contributed by atoms with Crippen LogP contribution in [0.5, 0.6) is 0 Å². The normalized spacial score (nSPS) is 12.2. The van der Waals surface area contributed by atoms with Crippen LogP contribution in [0.4, 0.5) is 0 Å². The molecule has 2 aromatic rings. The molecule has 0 aliphatic heterocycles. The maximum atomic E-state index is 12.2. The second-order valence-electron chi connectivity index (χ2n) is 5.46. The van der Waals surface area contributed by atoms with E-state index in [0.717, 1.165) is 5.56 Å². The van der Waals surface area contributed by atoms with Crippen LogP contribution in [0.15, 0.2) is 53.5 Å². The Morgan fingerprint density at radius 2 is 1.91 bits per heavy atom. The summed E-state index contributed by atoms with van der Waals surface area (Å²) >= 11 is 0. The molecule has 0 radical (unpaired) electrons. The molecule has 0 fully saturated rings. The quantitative estimate of drug-likeness (QED) is 0.908. The summed E-state index contributed by atoms with van der Waals surface area (Å²) in [5.41, 5.74) is 1.32. The van der Waals surface area contributed by atoms with Crippen molar-refractivity contribution in [3.8, 4) is 0 Å². The lowest BCUT2D eigenvalue weighted by Gasteiger charge is -2.25. The molecule has 22 heavy (non-hydrogen) atoms. The van der Waals surface area contributed by atoms with Gasteiger partial charge in [-0.15, -0.1) is 0 Å². The summed E-state index contributed by atoms with van der Waals surface area (Å²) in [6.07, 6.45) is 1.60. The van der Waals surface area contributed by atoms with Gasteiger partial charge in [0.2, 0.25) is 0 Å². The second-order valence-corrected chi connectivity index (χ2v) is 5.46. The average molecular weight is 299 g/mol. The number of nitrogens with zero attached hydrogens (tertiary/aromatic N) is 2. The van der Waals surface area contributed by atoms with Crippen molar-refractivity contribution in [2.24, 2.45) is 7.05 Å². The molecule has 0 bridgehead atoms. The van der Waals surface area contributed by atoms with Gasteiger partial charge < -0.3 is 14.8 Å². The monoisotopic (exact) mass is 299 g/mol. The highest BCUT2D eigenvalue weighted by atomic mass is 16.2. The number of carbonyl (C=O) groups excluding carboxylic acids is 1. The van der Waals surface area contributed by atoms with Gasteiger partial charge in [-0.3, -0.25) is 9.59 Å². The number of hydrogen-bond donors (Lipinski definition) is 1. The molecule has 0 aliphatic rings. The van der Waals surface area contributed by atoms with Crippen LogP contribution in [0.1, 0.15) is 22.0 Å². The van der Waals surface area contributed by atoms with E-state index in [1.54, 1.807) is 19.3 Å². The smallest absolute Gasteiger partial charge is 0.251 e. The number of hydrogen-bond acceptors (Lipinski definition) is 3. The molecule has 1 aromatic heterocycles. The van der Waals surface area contributed by atoms with Crippen LogP contribution in [-0.2, 0) is 7.05 Å². The third kappa shape index (κ3) is 3.83. The number of benzene rings is 1. The maximum absolute atomic E-state index is 12.2. The molecule has 0 saturated heterocycles. The lowest BCUT2D eigenvalue weighted by atomic mass is 10.1. The SMILES string of the molecule is CN(C)C(CNC(=O)c1ccn(C)c(=O)c1)c1ccccc1. The molecule has 1 heterocycles. The van der Waals surface area contributed by atoms with Gasteiger partial charge in [0.1, 0.15) is 0 Å². The van der Waals surface area contributed by atoms with Crippen LogP contribution in [0.25, 0.3) is 0 Å². The summed E-state index contributed by atoms with van der Waals surface area (Å²) < 4.78 is 1.43. The summed E-state index contributed by atoms with van der Waals surface area (Å²) in [4.78, 5) is 25.8. The second kappa shape index (κ2) is 7.04. The van der Waals surface area contributed by atoms with Crippen LogP contribution >= 0.6 is 0 Å². The third-order valence-corrected chi connectivity index (χ3v) is 3.63. The van der Waals surface area contributed by atoms with Crippen LogP contribution in [-0.4, -0.2) is 36.0 Å². The first kappa shape index (κ1) is 16.0. The van der Waals surface area contributed by atoms with Crippen molar-refractivity contribution in [1.82, 2.24) is 14.8 Å². The van der Waals surface area contributed by atoms with Gasteiger partial charge >= 0.3 is 0 Å². The van der Waals surface area contributed by atoms with Crippen molar-refractivity contribution < 1.29 is 4.79 Å². The van der Waals surface area contributed by atoms with Crippen molar-refractivity contribution in [3.05, 3.63) is 70.1 Å². The van der Waals surface area contributed by atoms with E-state index in [1.165, 1.54) is 10.6 Å². The Morgan fingerprint density at radius 3 is 2.50 bits per heavy atom. The first-order valence-corrected chi connectivity index (χ1v) is 7.15. The predicted molar refractivity (Wildman–Crippen MR) is 86.9 cm³/mol. The fraction of sp³-hybridized carbons (Fsp3) is 0.294. The van der Waals surface area contributed by atoms with Crippen LogP contribution in [0, 0.1) is 0 Å². The minimum absolute atomic E-state index is 0.0803. The molecule has 1 aromatic carbocycles. The molecule has 116 valence electrons. The number of aryl methyl sites for hydroxylation is 1. The molecule has 0 spiro atoms. The molecule has 1 unspecified atom stereocenters. The molecule has 0 saturated carbocycles. The Hall–Kier alpha value is -2.40. The molecule has 1 atom stereocenters. The summed E-state index contributed by atoms with van der Waals surface area (Å²) in [6, 6.07) is 13.1. The summed E-state index contributed by atoms with van der Waals surface area (Å²) in [5.74, 6) is -0.236. The van der Waals surface area contributed by atoms with Gasteiger partial charge in [-0.25, -0.2) is 0 Å². The number of carbonyl (C=O) groups is 1. The van der Waals surface area contributed by atoms with E-state index in [1.807, 2.05) is 44.4 Å². The van der Waals surface area contributed by atoms with E-state index in [-0.39, 0.29) is 17.5 Å². The van der Waals surface area contributed by atoms with Crippen molar-refractivity contribution >= 4 is 5.91 Å². The third-order valence-electron chi connectivity index (χ3n) is 3.63. The average Bonchev–Trinajstić information content (AvgIpc) is 2.50. The number of rotatable bonds is 5. The largest absolute Gasteiger partial charge is 0.350 e. The van der Waals surface area contributed by atoms with E-state index in [0.29, 0.717) is 12.1 Å². The molecule has 5 nitrogen and oxygen atoms in total. The highest BCUT2D eigenvalue weighted by molar-refractivity contribution is 5.93. The molecule has 2 rings (SSSR count). The van der Waals surface area contributed by atoms with Crippen LogP contribution in [0.2, 0.25) is 0 Å². The number of likely N-dealkylation sites (N-methyl/N-ethyl adjacent to an activating group) is 1. The number of amides is 1. The topological polar surface area (TPSA) is 54.3 Å². The zero-order valence-electron chi connectivity index (χ0n) is 13.1. The Bertz CT molecular complexity index is 693. The Labute approximate surface area is 130 Å². The van der Waals surface area contributed by atoms with Crippen molar-refractivity contribution in [3.63, 3.8) is 0 Å². The first-order chi connectivity index (χ1) is 10.5. The van der Waals surface area contributed by atoms with Gasteiger partial charge in [-0.05, 0) is 25.7 Å². The summed E-state index contributed by atoms with van der Waals surface area (Å²) in [5, 5.41) is 2.90. The number of aromatic nitrogens is 1. The highest BCUT2D eigenvalue weighted by Crippen LogP contribution is 2.16. The van der Waals surface area contributed by atoms with Gasteiger partial charge in [0, 0.05) is 31.4 Å². The van der Waals surface area contributed by atoms with Gasteiger partial charge in [0.15, 0.2) is 0 Å². The Balaban J connectivity index is 2.08. The highest BCUT2D eigenvalue weighted by Gasteiger charge is 2.15. The minimum Gasteiger partial charge on any atom is -0.350 e. The molecular weight excluding hydrogens is 278 g/mol. The van der Waals surface area contributed by atoms with E-state index < -0.39 is 0 Å². The fourth-order valence-corrected chi connectivity index (χ4v) is 2.25. The molecular formula is C17H21N3O2. The van der Waals surface area contributed by atoms with E-state index in [2.05, 4.69) is 10.2 Å². The van der Waals surface area contributed by atoms with Gasteiger partial charge in [0.05, 0.1) is 6.04 Å². The van der Waals surface area contributed by atoms with Crippen molar-refractivity contribution in [1.29, 1.82) is 0 Å². The zero-order valence-corrected chi connectivity index (χ0v) is 13.1.